The summed E-state index contributed by atoms with van der Waals surface area (Å²) in [5.41, 5.74) is 0. The molecule has 0 unspecified atom stereocenters. The second-order valence-electron chi connectivity index (χ2n) is 2.44. The van der Waals surface area contributed by atoms with Gasteiger partial charge in [0, 0.05) is 12.8 Å². The van der Waals surface area contributed by atoms with E-state index in [1.165, 1.54) is 12.1 Å². The molecule has 0 heterocycles. The van der Waals surface area contributed by atoms with Crippen LogP contribution >= 0.6 is 7.94 Å². The van der Waals surface area contributed by atoms with Crippen LogP contribution < -0.4 is 0 Å². The summed E-state index contributed by atoms with van der Waals surface area (Å²) in [4.78, 5) is 33.5. The second kappa shape index (κ2) is 13.0. The molecule has 0 bridgehead atoms. The Balaban J connectivity index is -0.000000147. The monoisotopic (exact) mass is 236 g/mol. The fourth-order valence-electron chi connectivity index (χ4n) is 0.250. The fraction of sp³-hybridized carbons (Fsp3) is 0.625. The van der Waals surface area contributed by atoms with Crippen molar-refractivity contribution in [2.75, 3.05) is 6.66 Å². The van der Waals surface area contributed by atoms with E-state index in [1.807, 2.05) is 13.8 Å². The summed E-state index contributed by atoms with van der Waals surface area (Å²) in [6, 6.07) is 2.47. The standard InChI is InChI=1S/C5H10O.C2N2.CH7O3P/c1-3-5(6)4-2;3-1-2-4;1-5(2,3)4/h3-4H2,1-2H3;;2-5H,1H3. The number of carbonyl (C=O) groups excluding carboxylic acids is 1. The van der Waals surface area contributed by atoms with Gasteiger partial charge in [0.05, 0.1) is 0 Å². The molecule has 15 heavy (non-hydrogen) atoms. The number of hydrogen-bond acceptors (Lipinski definition) is 6. The zero-order valence-corrected chi connectivity index (χ0v) is 10.1. The maximum atomic E-state index is 10.2. The number of nitrogens with zero attached hydrogens (tertiary/aromatic N) is 2. The van der Waals surface area contributed by atoms with Gasteiger partial charge in [0.15, 0.2) is 12.1 Å². The molecule has 0 aromatic carbocycles. The van der Waals surface area contributed by atoms with Crippen molar-refractivity contribution in [2.24, 2.45) is 0 Å². The minimum absolute atomic E-state index is 0.343. The molecule has 0 amide bonds. The molecule has 0 atom stereocenters. The first-order valence-corrected chi connectivity index (χ1v) is 6.54. The molecule has 0 fully saturated rings. The molecule has 0 aliphatic carbocycles. The zero-order chi connectivity index (χ0) is 12.9. The van der Waals surface area contributed by atoms with Gasteiger partial charge in [-0.1, -0.05) is 13.8 Å². The average Bonchev–Trinajstić information content (AvgIpc) is 2.14. The van der Waals surface area contributed by atoms with Gasteiger partial charge in [0.1, 0.15) is 5.78 Å². The Morgan fingerprint density at radius 3 is 1.33 bits per heavy atom. The Morgan fingerprint density at radius 1 is 1.13 bits per heavy atom. The van der Waals surface area contributed by atoms with Crippen LogP contribution in [0.15, 0.2) is 0 Å². The quantitative estimate of drug-likeness (QED) is 0.599. The van der Waals surface area contributed by atoms with E-state index in [0.29, 0.717) is 18.6 Å². The normalized spacial score (nSPS) is 9.07. The van der Waals surface area contributed by atoms with Gasteiger partial charge in [-0.2, -0.15) is 10.5 Å². The van der Waals surface area contributed by atoms with Crippen molar-refractivity contribution in [2.45, 2.75) is 26.7 Å². The van der Waals surface area contributed by atoms with E-state index in [2.05, 4.69) is 0 Å². The molecule has 0 aromatic heterocycles. The molecule has 0 rings (SSSR count). The van der Waals surface area contributed by atoms with Crippen LogP contribution in [-0.4, -0.2) is 27.1 Å². The Kier molecular flexibility index (Phi) is 16.9. The maximum Gasteiger partial charge on any atom is 0.181 e. The van der Waals surface area contributed by atoms with Gasteiger partial charge in [-0.25, -0.2) is 0 Å². The van der Waals surface area contributed by atoms with Crippen molar-refractivity contribution in [3.63, 3.8) is 0 Å². The summed E-state index contributed by atoms with van der Waals surface area (Å²) in [5, 5.41) is 14.5. The molecule has 0 aromatic rings. The molecule has 0 spiro atoms. The Hall–Kier alpha value is -1.04. The second-order valence-corrected chi connectivity index (χ2v) is 4.38. The van der Waals surface area contributed by atoms with Gasteiger partial charge in [-0.15, -0.1) is 0 Å². The van der Waals surface area contributed by atoms with E-state index in [-0.39, 0.29) is 0 Å². The molecule has 0 aliphatic heterocycles. The molecule has 0 saturated heterocycles. The van der Waals surface area contributed by atoms with E-state index in [9.17, 15) is 4.79 Å². The van der Waals surface area contributed by atoms with E-state index < -0.39 is 7.94 Å². The van der Waals surface area contributed by atoms with Crippen LogP contribution in [0.5, 0.6) is 0 Å². The third-order valence-corrected chi connectivity index (χ3v) is 0.839. The molecule has 88 valence electrons. The van der Waals surface area contributed by atoms with Gasteiger partial charge >= 0.3 is 29.3 Å². The Morgan fingerprint density at radius 2 is 1.33 bits per heavy atom. The molecule has 3 N–H and O–H groups in total. The van der Waals surface area contributed by atoms with Gasteiger partial charge in [-0.3, -0.25) is 4.79 Å². The van der Waals surface area contributed by atoms with Crippen LogP contribution in [0.2, 0.25) is 0 Å². The number of nitriles is 2. The van der Waals surface area contributed by atoms with Crippen LogP contribution in [0.25, 0.3) is 0 Å². The number of rotatable bonds is 2. The van der Waals surface area contributed by atoms with E-state index in [1.54, 1.807) is 0 Å². The summed E-state index contributed by atoms with van der Waals surface area (Å²) in [6.45, 7) is 4.75. The number of ketones is 1. The first kappa shape index (κ1) is 19.5. The minimum atomic E-state index is -3.61. The van der Waals surface area contributed by atoms with Crippen molar-refractivity contribution < 1.29 is 19.5 Å². The average molecular weight is 236 g/mol. The maximum absolute atomic E-state index is 10.2. The molecule has 7 heteroatoms. The number of carbonyl (C=O) groups is 1. The van der Waals surface area contributed by atoms with Gasteiger partial charge < -0.3 is 0 Å². The molecule has 0 aliphatic rings. The number of hydrogen-bond donors (Lipinski definition) is 3. The van der Waals surface area contributed by atoms with Crippen molar-refractivity contribution in [1.29, 1.82) is 10.5 Å². The van der Waals surface area contributed by atoms with Crippen molar-refractivity contribution in [1.82, 2.24) is 0 Å². The van der Waals surface area contributed by atoms with E-state index in [4.69, 9.17) is 25.2 Å². The Bertz CT molecular complexity index is 212. The minimum Gasteiger partial charge on any atom is -0.181 e. The summed E-state index contributed by atoms with van der Waals surface area (Å²) in [5.74, 6) is 0.343. The van der Waals surface area contributed by atoms with Gasteiger partial charge in [0.25, 0.3) is 0 Å². The third kappa shape index (κ3) is 99.3. The summed E-state index contributed by atoms with van der Waals surface area (Å²) in [7, 11) is -3.61. The van der Waals surface area contributed by atoms with Crippen LogP contribution in [0.3, 0.4) is 0 Å². The smallest absolute Gasteiger partial charge is 0.181 e. The van der Waals surface area contributed by atoms with Crippen LogP contribution in [0.4, 0.5) is 0 Å². The predicted molar refractivity (Wildman–Crippen MR) is 57.7 cm³/mol. The van der Waals surface area contributed by atoms with E-state index >= 15 is 0 Å². The molecule has 0 radical (unpaired) electrons. The molecule has 0 saturated carbocycles. The SMILES string of the molecule is CCC(=O)CC.C[PH](O)(O)O.N#CC#N. The molecule has 6 nitrogen and oxygen atoms in total. The first-order chi connectivity index (χ1) is 6.72. The van der Waals surface area contributed by atoms with Crippen molar-refractivity contribution in [3.05, 3.63) is 0 Å². The fourth-order valence-corrected chi connectivity index (χ4v) is 0.250. The van der Waals surface area contributed by atoms with E-state index in [0.717, 1.165) is 6.66 Å². The van der Waals surface area contributed by atoms with Crippen molar-refractivity contribution in [3.8, 4) is 12.1 Å². The Labute approximate surface area is 90.0 Å². The number of Topliss-reactive ketones (excluding diaryl/α,β-unsaturated/α-hetero) is 1. The summed E-state index contributed by atoms with van der Waals surface area (Å²) in [6.07, 6.45) is 1.38. The van der Waals surface area contributed by atoms with Crippen LogP contribution in [-0.2, 0) is 4.79 Å². The largest absolute Gasteiger partial charge is 0.181 e. The van der Waals surface area contributed by atoms with Gasteiger partial charge in [0.2, 0.25) is 0 Å². The molecular weight excluding hydrogens is 219 g/mol. The zero-order valence-electron chi connectivity index (χ0n) is 9.06. The topological polar surface area (TPSA) is 125 Å². The third-order valence-electron chi connectivity index (χ3n) is 0.839. The van der Waals surface area contributed by atoms with Crippen LogP contribution in [0, 0.1) is 22.7 Å². The molecular formula is C8H17N2O4P. The first-order valence-electron chi connectivity index (χ1n) is 4.19. The predicted octanol–water partition coefficient (Wildman–Crippen LogP) is 0.497. The van der Waals surface area contributed by atoms with Crippen LogP contribution in [0.1, 0.15) is 26.7 Å². The van der Waals surface area contributed by atoms with Crippen molar-refractivity contribution >= 4 is 13.7 Å². The van der Waals surface area contributed by atoms with Gasteiger partial charge in [-0.05, 0) is 0 Å². The summed E-state index contributed by atoms with van der Waals surface area (Å²) >= 11 is 0. The summed E-state index contributed by atoms with van der Waals surface area (Å²) < 4.78 is 0.